The number of imidazole rings is 1. The highest BCUT2D eigenvalue weighted by molar-refractivity contribution is 5.80. The highest BCUT2D eigenvalue weighted by Gasteiger charge is 2.17. The second kappa shape index (κ2) is 7.74. The predicted molar refractivity (Wildman–Crippen MR) is 109 cm³/mol. The molecule has 30 heavy (non-hydrogen) atoms. The lowest BCUT2D eigenvalue weighted by atomic mass is 10.2. The Morgan fingerprint density at radius 3 is 2.37 bits per heavy atom. The fraction of sp³-hybridized carbons (Fsp3) is 0.100. The van der Waals surface area contributed by atoms with Crippen molar-refractivity contribution >= 4 is 23.3 Å². The molecule has 0 aliphatic rings. The number of hydrogen-bond donors (Lipinski definition) is 2. The quantitative estimate of drug-likeness (QED) is 0.389. The Kier molecular flexibility index (Phi) is 4.97. The lowest BCUT2D eigenvalue weighted by Crippen LogP contribution is -2.29. The van der Waals surface area contributed by atoms with Gasteiger partial charge in [-0.2, -0.15) is 10.1 Å². The minimum absolute atomic E-state index is 0.168. The number of aromatic amines is 1. The number of fused-ring (bicyclic) bond motifs is 1. The molecule has 0 bridgehead atoms. The molecule has 0 saturated carbocycles. The smallest absolute Gasteiger partial charge is 0.298 e. The second-order valence-electron chi connectivity index (χ2n) is 6.56. The molecule has 0 aliphatic carbocycles. The van der Waals surface area contributed by atoms with Crippen molar-refractivity contribution in [3.63, 3.8) is 0 Å². The molecule has 2 aromatic carbocycles. The van der Waals surface area contributed by atoms with Gasteiger partial charge in [-0.25, -0.2) is 19.0 Å². The van der Waals surface area contributed by atoms with Gasteiger partial charge in [0.2, 0.25) is 5.95 Å². The second-order valence-corrected chi connectivity index (χ2v) is 6.56. The summed E-state index contributed by atoms with van der Waals surface area (Å²) in [6.07, 6.45) is 1.46. The van der Waals surface area contributed by atoms with Gasteiger partial charge in [0, 0.05) is 7.05 Å². The molecule has 0 fully saturated rings. The summed E-state index contributed by atoms with van der Waals surface area (Å²) >= 11 is 0. The zero-order valence-corrected chi connectivity index (χ0v) is 15.8. The monoisotopic (exact) mass is 410 g/mol. The van der Waals surface area contributed by atoms with Gasteiger partial charge in [-0.05, 0) is 35.4 Å². The first kappa shape index (κ1) is 19.2. The SMILES string of the molecule is Cn1c(=O)[nH]c(=O)c2c1nc(N/N=C/c1ccc(F)cc1)n2Cc1ccc(F)cc1. The number of rotatable bonds is 5. The van der Waals surface area contributed by atoms with Crippen LogP contribution in [0.4, 0.5) is 14.7 Å². The maximum absolute atomic E-state index is 13.2. The summed E-state index contributed by atoms with van der Waals surface area (Å²) in [5.41, 5.74) is 3.27. The van der Waals surface area contributed by atoms with E-state index in [0.717, 1.165) is 5.56 Å². The third kappa shape index (κ3) is 3.75. The van der Waals surface area contributed by atoms with E-state index in [1.54, 1.807) is 28.8 Å². The maximum Gasteiger partial charge on any atom is 0.329 e. The summed E-state index contributed by atoms with van der Waals surface area (Å²) in [4.78, 5) is 31.0. The molecule has 2 N–H and O–H groups in total. The Bertz CT molecular complexity index is 1350. The van der Waals surface area contributed by atoms with E-state index in [2.05, 4.69) is 20.5 Å². The van der Waals surface area contributed by atoms with Crippen molar-refractivity contribution in [2.24, 2.45) is 12.1 Å². The van der Waals surface area contributed by atoms with Gasteiger partial charge in [-0.15, -0.1) is 0 Å². The summed E-state index contributed by atoms with van der Waals surface area (Å²) < 4.78 is 29.0. The molecular weight excluding hydrogens is 394 g/mol. The Morgan fingerprint density at radius 1 is 1.07 bits per heavy atom. The van der Waals surface area contributed by atoms with E-state index in [0.29, 0.717) is 5.56 Å². The third-order valence-electron chi connectivity index (χ3n) is 4.51. The van der Waals surface area contributed by atoms with Crippen LogP contribution in [-0.4, -0.2) is 25.3 Å². The molecule has 0 amide bonds. The van der Waals surface area contributed by atoms with Gasteiger partial charge in [0.15, 0.2) is 11.2 Å². The molecule has 0 unspecified atom stereocenters. The van der Waals surface area contributed by atoms with Gasteiger partial charge in [0.25, 0.3) is 5.56 Å². The highest BCUT2D eigenvalue weighted by atomic mass is 19.1. The maximum atomic E-state index is 13.2. The van der Waals surface area contributed by atoms with Crippen molar-refractivity contribution < 1.29 is 8.78 Å². The van der Waals surface area contributed by atoms with E-state index >= 15 is 0 Å². The summed E-state index contributed by atoms with van der Waals surface area (Å²) in [5, 5.41) is 4.09. The van der Waals surface area contributed by atoms with E-state index in [1.165, 1.54) is 42.1 Å². The van der Waals surface area contributed by atoms with Crippen LogP contribution in [0.5, 0.6) is 0 Å². The Morgan fingerprint density at radius 2 is 1.70 bits per heavy atom. The Labute approximate surface area is 168 Å². The molecular formula is C20H16F2N6O2. The summed E-state index contributed by atoms with van der Waals surface area (Å²) in [5.74, 6) is -0.530. The first-order chi connectivity index (χ1) is 14.4. The van der Waals surface area contributed by atoms with E-state index in [-0.39, 0.29) is 35.3 Å². The van der Waals surface area contributed by atoms with Crippen LogP contribution in [0.2, 0.25) is 0 Å². The van der Waals surface area contributed by atoms with Gasteiger partial charge >= 0.3 is 5.69 Å². The van der Waals surface area contributed by atoms with Crippen LogP contribution in [0, 0.1) is 11.6 Å². The van der Waals surface area contributed by atoms with Crippen LogP contribution >= 0.6 is 0 Å². The van der Waals surface area contributed by atoms with Crippen molar-refractivity contribution in [2.75, 3.05) is 5.43 Å². The normalized spacial score (nSPS) is 11.4. The molecule has 152 valence electrons. The number of benzene rings is 2. The predicted octanol–water partition coefficient (Wildman–Crippen LogP) is 2.20. The van der Waals surface area contributed by atoms with Crippen LogP contribution in [0.15, 0.2) is 63.2 Å². The van der Waals surface area contributed by atoms with E-state index in [4.69, 9.17) is 0 Å². The van der Waals surface area contributed by atoms with Crippen molar-refractivity contribution in [1.29, 1.82) is 0 Å². The first-order valence-corrected chi connectivity index (χ1v) is 8.91. The number of halogens is 2. The average molecular weight is 410 g/mol. The minimum atomic E-state index is -0.599. The fourth-order valence-corrected chi connectivity index (χ4v) is 2.96. The van der Waals surface area contributed by atoms with Crippen molar-refractivity contribution in [3.05, 3.63) is 92.1 Å². The Hall–Kier alpha value is -4.08. The topological polar surface area (TPSA) is 97.1 Å². The Balaban J connectivity index is 1.77. The third-order valence-corrected chi connectivity index (χ3v) is 4.51. The number of aryl methyl sites for hydroxylation is 1. The van der Waals surface area contributed by atoms with Crippen molar-refractivity contribution in [1.82, 2.24) is 19.1 Å². The molecule has 2 heterocycles. The molecule has 0 atom stereocenters. The molecule has 0 aliphatic heterocycles. The van der Waals surface area contributed by atoms with Crippen LogP contribution in [-0.2, 0) is 13.6 Å². The molecule has 0 radical (unpaired) electrons. The van der Waals surface area contributed by atoms with Crippen LogP contribution < -0.4 is 16.7 Å². The molecule has 0 saturated heterocycles. The summed E-state index contributed by atoms with van der Waals surface area (Å²) in [7, 11) is 1.49. The van der Waals surface area contributed by atoms with Gasteiger partial charge in [-0.3, -0.25) is 18.9 Å². The zero-order valence-electron chi connectivity index (χ0n) is 15.8. The molecule has 0 spiro atoms. The lowest BCUT2D eigenvalue weighted by molar-refractivity contribution is 0.626. The first-order valence-electron chi connectivity index (χ1n) is 8.91. The number of hydrazone groups is 1. The van der Waals surface area contributed by atoms with Crippen molar-refractivity contribution in [3.8, 4) is 0 Å². The van der Waals surface area contributed by atoms with Crippen molar-refractivity contribution in [2.45, 2.75) is 6.54 Å². The van der Waals surface area contributed by atoms with Crippen LogP contribution in [0.3, 0.4) is 0 Å². The van der Waals surface area contributed by atoms with Gasteiger partial charge < -0.3 is 0 Å². The van der Waals surface area contributed by atoms with Gasteiger partial charge in [0.05, 0.1) is 12.8 Å². The number of aromatic nitrogens is 4. The lowest BCUT2D eigenvalue weighted by Gasteiger charge is -2.08. The zero-order chi connectivity index (χ0) is 21.3. The average Bonchev–Trinajstić information content (AvgIpc) is 3.08. The standard InChI is InChI=1S/C20H16F2N6O2/c1-27-17-16(18(29)25-20(27)30)28(11-13-4-8-15(22)9-5-13)19(24-17)26-23-10-12-2-6-14(21)7-3-12/h2-10H,11H2,1H3,(H,24,26)(H,25,29,30)/b23-10+. The number of H-pyrrole nitrogens is 1. The van der Waals surface area contributed by atoms with Gasteiger partial charge in [-0.1, -0.05) is 24.3 Å². The molecule has 8 nitrogen and oxygen atoms in total. The van der Waals surface area contributed by atoms with E-state index in [9.17, 15) is 18.4 Å². The largest absolute Gasteiger partial charge is 0.329 e. The minimum Gasteiger partial charge on any atom is -0.298 e. The van der Waals surface area contributed by atoms with Gasteiger partial charge in [0.1, 0.15) is 11.6 Å². The molecule has 4 rings (SSSR count). The summed E-state index contributed by atoms with van der Waals surface area (Å²) in [6, 6.07) is 11.5. The molecule has 4 aromatic rings. The summed E-state index contributed by atoms with van der Waals surface area (Å²) in [6.45, 7) is 0.187. The number of nitrogens with one attached hydrogen (secondary N) is 2. The number of nitrogens with zero attached hydrogens (tertiary/aromatic N) is 4. The number of anilines is 1. The highest BCUT2D eigenvalue weighted by Crippen LogP contribution is 2.18. The number of hydrogen-bond acceptors (Lipinski definition) is 5. The van der Waals surface area contributed by atoms with Crippen LogP contribution in [0.1, 0.15) is 11.1 Å². The van der Waals surface area contributed by atoms with Crippen LogP contribution in [0.25, 0.3) is 11.2 Å². The van der Waals surface area contributed by atoms with E-state index < -0.39 is 11.2 Å². The van der Waals surface area contributed by atoms with E-state index in [1.807, 2.05) is 0 Å². The molecule has 10 heteroatoms. The fourth-order valence-electron chi connectivity index (χ4n) is 2.96. The molecule has 2 aromatic heterocycles.